The van der Waals surface area contributed by atoms with Crippen LogP contribution in [0.5, 0.6) is 0 Å². The predicted molar refractivity (Wildman–Crippen MR) is 123 cm³/mol. The van der Waals surface area contributed by atoms with Crippen molar-refractivity contribution in [2.24, 2.45) is 0 Å². The van der Waals surface area contributed by atoms with Crippen molar-refractivity contribution in [3.8, 4) is 11.4 Å². The summed E-state index contributed by atoms with van der Waals surface area (Å²) in [5, 5.41) is 2.84. The Morgan fingerprint density at radius 2 is 1.88 bits per heavy atom. The van der Waals surface area contributed by atoms with E-state index in [9.17, 15) is 9.59 Å². The highest BCUT2D eigenvalue weighted by Gasteiger charge is 2.22. The molecular formula is C25H24N4O3. The van der Waals surface area contributed by atoms with Crippen molar-refractivity contribution in [2.75, 3.05) is 5.32 Å². The Labute approximate surface area is 185 Å². The number of aromatic nitrogens is 3. The lowest BCUT2D eigenvalue weighted by Gasteiger charge is -2.16. The molecule has 0 bridgehead atoms. The molecule has 4 rings (SSSR count). The number of hydrogen-bond acceptors (Lipinski definition) is 5. The Balaban J connectivity index is 1.49. The molecule has 7 nitrogen and oxygen atoms in total. The largest absolute Gasteiger partial charge is 0.449 e. The number of nitrogens with one attached hydrogen (secondary N) is 2. The summed E-state index contributed by atoms with van der Waals surface area (Å²) in [7, 11) is 0. The number of amides is 1. The van der Waals surface area contributed by atoms with E-state index in [1.54, 1.807) is 37.5 Å². The number of pyridine rings is 1. The first-order chi connectivity index (χ1) is 15.4. The molecule has 2 heterocycles. The van der Waals surface area contributed by atoms with Gasteiger partial charge < -0.3 is 15.0 Å². The SMILES string of the molecule is CCC(OC(=O)c1ccc2nc(-c3cccnc3)[nH]c2c1)C(=O)Nc1cc(C)cc(C)c1. The molecule has 2 aromatic carbocycles. The molecule has 0 fully saturated rings. The molecule has 162 valence electrons. The van der Waals surface area contributed by atoms with E-state index in [0.29, 0.717) is 29.0 Å². The molecule has 1 amide bonds. The van der Waals surface area contributed by atoms with E-state index in [0.717, 1.165) is 22.2 Å². The maximum Gasteiger partial charge on any atom is 0.338 e. The van der Waals surface area contributed by atoms with Crippen LogP contribution in [0.15, 0.2) is 60.9 Å². The van der Waals surface area contributed by atoms with Crippen LogP contribution in [0.1, 0.15) is 34.8 Å². The standard InChI is InChI=1S/C25H24N4O3/c1-4-22(24(30)27-19-11-15(2)10-16(3)12-19)32-25(31)17-7-8-20-21(13-17)29-23(28-20)18-6-5-9-26-14-18/h5-14,22H,4H2,1-3H3,(H,27,30)(H,28,29). The number of anilines is 1. The normalized spacial score (nSPS) is 11.8. The van der Waals surface area contributed by atoms with Crippen molar-refractivity contribution >= 4 is 28.6 Å². The van der Waals surface area contributed by atoms with Gasteiger partial charge in [0.15, 0.2) is 6.10 Å². The summed E-state index contributed by atoms with van der Waals surface area (Å²) in [5.41, 5.74) is 5.39. The Kier molecular flexibility index (Phi) is 5.98. The summed E-state index contributed by atoms with van der Waals surface area (Å²) in [6.07, 6.45) is 2.87. The Morgan fingerprint density at radius 3 is 2.56 bits per heavy atom. The van der Waals surface area contributed by atoms with Crippen LogP contribution in [0.3, 0.4) is 0 Å². The molecule has 2 aromatic heterocycles. The minimum atomic E-state index is -0.897. The number of aryl methyl sites for hydroxylation is 2. The van der Waals surface area contributed by atoms with Crippen molar-refractivity contribution in [3.63, 3.8) is 0 Å². The summed E-state index contributed by atoms with van der Waals surface area (Å²) in [6.45, 7) is 5.73. The third kappa shape index (κ3) is 4.67. The fraction of sp³-hybridized carbons (Fsp3) is 0.200. The van der Waals surface area contributed by atoms with Crippen LogP contribution in [0, 0.1) is 13.8 Å². The number of nitrogens with zero attached hydrogens (tertiary/aromatic N) is 2. The third-order valence-electron chi connectivity index (χ3n) is 5.05. The van der Waals surface area contributed by atoms with Gasteiger partial charge in [-0.05, 0) is 73.9 Å². The minimum absolute atomic E-state index is 0.344. The van der Waals surface area contributed by atoms with E-state index < -0.39 is 12.1 Å². The summed E-state index contributed by atoms with van der Waals surface area (Å²) in [6, 6.07) is 14.6. The van der Waals surface area contributed by atoms with Gasteiger partial charge in [0.05, 0.1) is 16.6 Å². The van der Waals surface area contributed by atoms with Gasteiger partial charge >= 0.3 is 5.97 Å². The fourth-order valence-corrected chi connectivity index (χ4v) is 3.57. The number of esters is 1. The van der Waals surface area contributed by atoms with Gasteiger partial charge in [0.2, 0.25) is 0 Å². The number of H-pyrrole nitrogens is 1. The predicted octanol–water partition coefficient (Wildman–Crippen LogP) is 4.82. The van der Waals surface area contributed by atoms with Gasteiger partial charge in [0, 0.05) is 23.6 Å². The van der Waals surface area contributed by atoms with Gasteiger partial charge in [-0.25, -0.2) is 9.78 Å². The quantitative estimate of drug-likeness (QED) is 0.429. The first-order valence-electron chi connectivity index (χ1n) is 10.4. The van der Waals surface area contributed by atoms with Crippen LogP contribution in [-0.4, -0.2) is 32.9 Å². The summed E-state index contributed by atoms with van der Waals surface area (Å²) in [4.78, 5) is 37.3. The van der Waals surface area contributed by atoms with Gasteiger partial charge in [0.1, 0.15) is 5.82 Å². The second-order valence-corrected chi connectivity index (χ2v) is 7.73. The number of carbonyl (C=O) groups is 2. The van der Waals surface area contributed by atoms with Gasteiger partial charge in [-0.1, -0.05) is 13.0 Å². The van der Waals surface area contributed by atoms with Crippen LogP contribution < -0.4 is 5.32 Å². The van der Waals surface area contributed by atoms with Crippen LogP contribution in [0.2, 0.25) is 0 Å². The molecule has 0 radical (unpaired) electrons. The van der Waals surface area contributed by atoms with Gasteiger partial charge in [-0.3, -0.25) is 9.78 Å². The second-order valence-electron chi connectivity index (χ2n) is 7.73. The maximum absolute atomic E-state index is 12.8. The van der Waals surface area contributed by atoms with Crippen molar-refractivity contribution < 1.29 is 14.3 Å². The lowest BCUT2D eigenvalue weighted by atomic mass is 10.1. The fourth-order valence-electron chi connectivity index (χ4n) is 3.57. The molecule has 32 heavy (non-hydrogen) atoms. The highest BCUT2D eigenvalue weighted by Crippen LogP contribution is 2.21. The Bertz CT molecular complexity index is 1260. The first kappa shape index (κ1) is 21.2. The zero-order valence-electron chi connectivity index (χ0n) is 18.2. The molecule has 0 aliphatic heterocycles. The Hall–Kier alpha value is -4.00. The van der Waals surface area contributed by atoms with Crippen molar-refractivity contribution in [2.45, 2.75) is 33.3 Å². The Morgan fingerprint density at radius 1 is 1.09 bits per heavy atom. The molecule has 7 heteroatoms. The summed E-state index contributed by atoms with van der Waals surface area (Å²) < 4.78 is 5.53. The van der Waals surface area contributed by atoms with E-state index in [1.807, 2.05) is 44.2 Å². The average molecular weight is 428 g/mol. The second kappa shape index (κ2) is 9.01. The van der Waals surface area contributed by atoms with E-state index in [1.165, 1.54) is 0 Å². The summed E-state index contributed by atoms with van der Waals surface area (Å²) in [5.74, 6) is -0.253. The van der Waals surface area contributed by atoms with E-state index in [4.69, 9.17) is 4.74 Å². The number of hydrogen-bond donors (Lipinski definition) is 2. The zero-order valence-corrected chi connectivity index (χ0v) is 18.2. The molecule has 0 aliphatic rings. The molecule has 1 unspecified atom stereocenters. The number of ether oxygens (including phenoxy) is 1. The van der Waals surface area contributed by atoms with Gasteiger partial charge in [-0.15, -0.1) is 0 Å². The zero-order chi connectivity index (χ0) is 22.7. The number of benzene rings is 2. The monoisotopic (exact) mass is 428 g/mol. The van der Waals surface area contributed by atoms with Gasteiger partial charge in [-0.2, -0.15) is 0 Å². The number of carbonyl (C=O) groups excluding carboxylic acids is 2. The molecule has 4 aromatic rings. The number of rotatable bonds is 6. The number of imidazole rings is 1. The van der Waals surface area contributed by atoms with Crippen LogP contribution in [0.25, 0.3) is 22.4 Å². The third-order valence-corrected chi connectivity index (χ3v) is 5.05. The van der Waals surface area contributed by atoms with Crippen molar-refractivity contribution in [3.05, 3.63) is 77.6 Å². The topological polar surface area (TPSA) is 97.0 Å². The number of aromatic amines is 1. The lowest BCUT2D eigenvalue weighted by Crippen LogP contribution is -2.32. The van der Waals surface area contributed by atoms with Crippen LogP contribution in [0.4, 0.5) is 5.69 Å². The van der Waals surface area contributed by atoms with Crippen LogP contribution in [-0.2, 0) is 9.53 Å². The van der Waals surface area contributed by atoms with Crippen molar-refractivity contribution in [1.82, 2.24) is 15.0 Å². The lowest BCUT2D eigenvalue weighted by molar-refractivity contribution is -0.124. The van der Waals surface area contributed by atoms with E-state index in [2.05, 4.69) is 20.3 Å². The van der Waals surface area contributed by atoms with E-state index in [-0.39, 0.29) is 5.91 Å². The molecule has 0 saturated heterocycles. The highest BCUT2D eigenvalue weighted by molar-refractivity contribution is 5.99. The van der Waals surface area contributed by atoms with Gasteiger partial charge in [0.25, 0.3) is 5.91 Å². The first-order valence-corrected chi connectivity index (χ1v) is 10.4. The molecule has 2 N–H and O–H groups in total. The molecular weight excluding hydrogens is 404 g/mol. The summed E-state index contributed by atoms with van der Waals surface area (Å²) >= 11 is 0. The van der Waals surface area contributed by atoms with Crippen molar-refractivity contribution in [1.29, 1.82) is 0 Å². The van der Waals surface area contributed by atoms with Crippen LogP contribution >= 0.6 is 0 Å². The molecule has 1 atom stereocenters. The smallest absolute Gasteiger partial charge is 0.338 e. The molecule has 0 aliphatic carbocycles. The molecule has 0 spiro atoms. The molecule has 0 saturated carbocycles. The van der Waals surface area contributed by atoms with E-state index >= 15 is 0 Å². The minimum Gasteiger partial charge on any atom is -0.449 e. The maximum atomic E-state index is 12.8. The average Bonchev–Trinajstić information content (AvgIpc) is 3.20. The number of fused-ring (bicyclic) bond motifs is 1. The highest BCUT2D eigenvalue weighted by atomic mass is 16.5.